The summed E-state index contributed by atoms with van der Waals surface area (Å²) in [6.07, 6.45) is 0. The molecule has 0 aliphatic rings. The number of hydrogen-bond donors (Lipinski definition) is 2. The molecule has 2 aromatic carbocycles. The average molecular weight is 337 g/mol. The fraction of sp³-hybridized carbons (Fsp3) is 0.105. The SMILES string of the molecule is CC(=NNC(=O)c1cc(C)nc2ccc(F)cc12)c1ccccc1O. The fourth-order valence-electron chi connectivity index (χ4n) is 2.55. The molecule has 0 saturated heterocycles. The van der Waals surface area contributed by atoms with Crippen LogP contribution in [0.15, 0.2) is 53.6 Å². The minimum absolute atomic E-state index is 0.0743. The first-order valence-corrected chi connectivity index (χ1v) is 7.65. The number of nitrogens with one attached hydrogen (secondary N) is 1. The molecule has 0 bridgehead atoms. The van der Waals surface area contributed by atoms with Crippen LogP contribution in [0.2, 0.25) is 0 Å². The zero-order valence-electron chi connectivity index (χ0n) is 13.7. The maximum atomic E-state index is 13.5. The summed E-state index contributed by atoms with van der Waals surface area (Å²) in [4.78, 5) is 16.8. The minimum Gasteiger partial charge on any atom is -0.507 e. The first-order chi connectivity index (χ1) is 12.0. The van der Waals surface area contributed by atoms with E-state index < -0.39 is 11.7 Å². The molecule has 0 fully saturated rings. The molecule has 0 aliphatic heterocycles. The van der Waals surface area contributed by atoms with Crippen molar-refractivity contribution in [1.82, 2.24) is 10.4 Å². The number of aromatic nitrogens is 1. The molecule has 3 rings (SSSR count). The number of carbonyl (C=O) groups is 1. The summed E-state index contributed by atoms with van der Waals surface area (Å²) in [6.45, 7) is 3.43. The molecule has 2 N–H and O–H groups in total. The van der Waals surface area contributed by atoms with Gasteiger partial charge < -0.3 is 5.11 Å². The van der Waals surface area contributed by atoms with Crippen molar-refractivity contribution in [1.29, 1.82) is 0 Å². The van der Waals surface area contributed by atoms with Gasteiger partial charge in [0.1, 0.15) is 11.6 Å². The molecule has 25 heavy (non-hydrogen) atoms. The van der Waals surface area contributed by atoms with Gasteiger partial charge in [-0.15, -0.1) is 0 Å². The number of aryl methyl sites for hydroxylation is 1. The van der Waals surface area contributed by atoms with Crippen molar-refractivity contribution >= 4 is 22.5 Å². The molecule has 0 atom stereocenters. The van der Waals surface area contributed by atoms with Gasteiger partial charge in [0, 0.05) is 16.6 Å². The molecule has 0 spiro atoms. The Morgan fingerprint density at radius 2 is 1.92 bits per heavy atom. The largest absolute Gasteiger partial charge is 0.507 e. The highest BCUT2D eigenvalue weighted by molar-refractivity contribution is 6.07. The van der Waals surface area contributed by atoms with E-state index in [1.807, 2.05) is 0 Å². The lowest BCUT2D eigenvalue weighted by atomic mass is 10.1. The maximum absolute atomic E-state index is 13.5. The van der Waals surface area contributed by atoms with E-state index in [1.54, 1.807) is 44.2 Å². The van der Waals surface area contributed by atoms with Gasteiger partial charge in [-0.05, 0) is 50.2 Å². The zero-order valence-corrected chi connectivity index (χ0v) is 13.7. The van der Waals surface area contributed by atoms with E-state index in [-0.39, 0.29) is 11.3 Å². The van der Waals surface area contributed by atoms with E-state index >= 15 is 0 Å². The number of pyridine rings is 1. The number of nitrogens with zero attached hydrogens (tertiary/aromatic N) is 2. The Balaban J connectivity index is 1.94. The number of hydrazone groups is 1. The molecule has 6 heteroatoms. The number of aromatic hydroxyl groups is 1. The fourth-order valence-corrected chi connectivity index (χ4v) is 2.55. The van der Waals surface area contributed by atoms with E-state index in [9.17, 15) is 14.3 Å². The number of fused-ring (bicyclic) bond motifs is 1. The highest BCUT2D eigenvalue weighted by Gasteiger charge is 2.13. The Labute approximate surface area is 143 Å². The van der Waals surface area contributed by atoms with Crippen LogP contribution in [0.5, 0.6) is 5.75 Å². The third kappa shape index (κ3) is 3.47. The van der Waals surface area contributed by atoms with Crippen LogP contribution >= 0.6 is 0 Å². The van der Waals surface area contributed by atoms with Crippen LogP contribution in [0.25, 0.3) is 10.9 Å². The summed E-state index contributed by atoms with van der Waals surface area (Å²) in [5.41, 5.74) is 4.89. The van der Waals surface area contributed by atoms with E-state index in [4.69, 9.17) is 0 Å². The van der Waals surface area contributed by atoms with E-state index in [1.165, 1.54) is 18.2 Å². The van der Waals surface area contributed by atoms with E-state index in [0.29, 0.717) is 27.9 Å². The first-order valence-electron chi connectivity index (χ1n) is 7.65. The maximum Gasteiger partial charge on any atom is 0.272 e. The van der Waals surface area contributed by atoms with Gasteiger partial charge >= 0.3 is 0 Å². The van der Waals surface area contributed by atoms with Gasteiger partial charge in [-0.25, -0.2) is 9.82 Å². The second-order valence-corrected chi connectivity index (χ2v) is 5.63. The molecule has 5 nitrogen and oxygen atoms in total. The molecule has 0 radical (unpaired) electrons. The Morgan fingerprint density at radius 3 is 2.68 bits per heavy atom. The van der Waals surface area contributed by atoms with Crippen molar-refractivity contribution in [3.05, 3.63) is 71.2 Å². The number of phenolic OH excluding ortho intramolecular Hbond substituents is 1. The monoisotopic (exact) mass is 337 g/mol. The standard InChI is InChI=1S/C19H16FN3O2/c1-11-9-16(15-10-13(20)7-8-17(15)21-11)19(25)23-22-12(2)14-5-3-4-6-18(14)24/h3-10,24H,1-2H3,(H,23,25). The van der Waals surface area contributed by atoms with Crippen LogP contribution in [0, 0.1) is 12.7 Å². The Kier molecular flexibility index (Phi) is 4.43. The van der Waals surface area contributed by atoms with Gasteiger partial charge in [0.05, 0.1) is 16.8 Å². The normalized spacial score (nSPS) is 11.6. The molecule has 0 unspecified atom stereocenters. The molecule has 1 heterocycles. The van der Waals surface area contributed by atoms with E-state index in [0.717, 1.165) is 0 Å². The first kappa shape index (κ1) is 16.6. The minimum atomic E-state index is -0.476. The summed E-state index contributed by atoms with van der Waals surface area (Å²) in [6, 6.07) is 12.4. The van der Waals surface area contributed by atoms with Crippen molar-refractivity contribution in [2.45, 2.75) is 13.8 Å². The Morgan fingerprint density at radius 1 is 1.16 bits per heavy atom. The van der Waals surface area contributed by atoms with Gasteiger partial charge in [-0.2, -0.15) is 5.10 Å². The lowest BCUT2D eigenvalue weighted by Gasteiger charge is -2.08. The summed E-state index contributed by atoms with van der Waals surface area (Å²) in [5, 5.41) is 14.3. The van der Waals surface area contributed by atoms with Crippen molar-refractivity contribution in [2.75, 3.05) is 0 Å². The smallest absolute Gasteiger partial charge is 0.272 e. The van der Waals surface area contributed by atoms with Crippen LogP contribution < -0.4 is 5.43 Å². The molecule has 1 aromatic heterocycles. The number of hydrogen-bond acceptors (Lipinski definition) is 4. The average Bonchev–Trinajstić information content (AvgIpc) is 2.59. The third-order valence-electron chi connectivity index (χ3n) is 3.76. The van der Waals surface area contributed by atoms with Crippen molar-refractivity contribution in [3.8, 4) is 5.75 Å². The van der Waals surface area contributed by atoms with Gasteiger partial charge in [0.15, 0.2) is 0 Å². The number of halogens is 1. The lowest BCUT2D eigenvalue weighted by Crippen LogP contribution is -2.20. The molecule has 1 amide bonds. The Hall–Kier alpha value is -3.28. The van der Waals surface area contributed by atoms with Gasteiger partial charge in [-0.3, -0.25) is 9.78 Å². The topological polar surface area (TPSA) is 74.6 Å². The quantitative estimate of drug-likeness (QED) is 0.567. The summed E-state index contributed by atoms with van der Waals surface area (Å²) in [5.74, 6) is -0.845. The lowest BCUT2D eigenvalue weighted by molar-refractivity contribution is 0.0956. The van der Waals surface area contributed by atoms with Crippen LogP contribution in [0.1, 0.15) is 28.5 Å². The van der Waals surface area contributed by atoms with Crippen LogP contribution in [-0.4, -0.2) is 21.7 Å². The second kappa shape index (κ2) is 6.68. The molecule has 126 valence electrons. The summed E-state index contributed by atoms with van der Waals surface area (Å²) >= 11 is 0. The predicted octanol–water partition coefficient (Wildman–Crippen LogP) is 3.54. The number of para-hydroxylation sites is 1. The number of phenols is 1. The number of benzene rings is 2. The zero-order chi connectivity index (χ0) is 18.0. The number of rotatable bonds is 3. The van der Waals surface area contributed by atoms with Crippen LogP contribution in [-0.2, 0) is 0 Å². The second-order valence-electron chi connectivity index (χ2n) is 5.63. The van der Waals surface area contributed by atoms with E-state index in [2.05, 4.69) is 15.5 Å². The predicted molar refractivity (Wildman–Crippen MR) is 94.2 cm³/mol. The highest BCUT2D eigenvalue weighted by atomic mass is 19.1. The van der Waals surface area contributed by atoms with Gasteiger partial charge in [0.25, 0.3) is 5.91 Å². The molecule has 0 aliphatic carbocycles. The highest BCUT2D eigenvalue weighted by Crippen LogP contribution is 2.20. The van der Waals surface area contributed by atoms with Crippen LogP contribution in [0.4, 0.5) is 4.39 Å². The van der Waals surface area contributed by atoms with Gasteiger partial charge in [0.2, 0.25) is 0 Å². The number of amides is 1. The molecular weight excluding hydrogens is 321 g/mol. The molecule has 0 saturated carbocycles. The van der Waals surface area contributed by atoms with Crippen LogP contribution in [0.3, 0.4) is 0 Å². The van der Waals surface area contributed by atoms with Crippen molar-refractivity contribution in [2.24, 2.45) is 5.10 Å². The summed E-state index contributed by atoms with van der Waals surface area (Å²) in [7, 11) is 0. The van der Waals surface area contributed by atoms with Crippen molar-refractivity contribution < 1.29 is 14.3 Å². The summed E-state index contributed by atoms with van der Waals surface area (Å²) < 4.78 is 13.5. The number of carbonyl (C=O) groups excluding carboxylic acids is 1. The van der Waals surface area contributed by atoms with Crippen molar-refractivity contribution in [3.63, 3.8) is 0 Å². The Bertz CT molecular complexity index is 999. The molecule has 3 aromatic rings. The van der Waals surface area contributed by atoms with Gasteiger partial charge in [-0.1, -0.05) is 12.1 Å². The third-order valence-corrected chi connectivity index (χ3v) is 3.76. The molecular formula is C19H16FN3O2.